The Hall–Kier alpha value is -1.24. The molecule has 1 N–H and O–H groups in total. The van der Waals surface area contributed by atoms with E-state index in [0.717, 1.165) is 21.8 Å². The lowest BCUT2D eigenvalue weighted by molar-refractivity contribution is 0.563. The van der Waals surface area contributed by atoms with E-state index in [2.05, 4.69) is 9.71 Å². The Balaban J connectivity index is 2.07. The average Bonchev–Trinajstić information content (AvgIpc) is 2.74. The maximum absolute atomic E-state index is 12.2. The molecule has 20 heavy (non-hydrogen) atoms. The minimum atomic E-state index is -3.37. The summed E-state index contributed by atoms with van der Waals surface area (Å²) >= 11 is 1.52. The van der Waals surface area contributed by atoms with Crippen molar-refractivity contribution in [1.82, 2.24) is 9.71 Å². The molecule has 2 aromatic rings. The Morgan fingerprint density at radius 3 is 2.70 bits per heavy atom. The molecule has 6 heteroatoms. The van der Waals surface area contributed by atoms with Gasteiger partial charge in [-0.25, -0.2) is 18.1 Å². The molecule has 2 rings (SSSR count). The first kappa shape index (κ1) is 15.2. The van der Waals surface area contributed by atoms with Crippen molar-refractivity contribution >= 4 is 21.4 Å². The summed E-state index contributed by atoms with van der Waals surface area (Å²) in [4.78, 5) is 4.31. The van der Waals surface area contributed by atoms with Crippen molar-refractivity contribution in [2.24, 2.45) is 0 Å². The highest BCUT2D eigenvalue weighted by molar-refractivity contribution is 7.88. The third-order valence-electron chi connectivity index (χ3n) is 2.88. The summed E-state index contributed by atoms with van der Waals surface area (Å²) in [7, 11) is -3.37. The number of hydrogen-bond acceptors (Lipinski definition) is 4. The van der Waals surface area contributed by atoms with Gasteiger partial charge >= 0.3 is 0 Å². The van der Waals surface area contributed by atoms with Gasteiger partial charge in [-0.3, -0.25) is 0 Å². The molecule has 108 valence electrons. The predicted molar refractivity (Wildman–Crippen MR) is 82.2 cm³/mol. The fourth-order valence-corrected chi connectivity index (χ4v) is 4.04. The lowest BCUT2D eigenvalue weighted by Gasteiger charge is -2.12. The Morgan fingerprint density at radius 1 is 1.35 bits per heavy atom. The van der Waals surface area contributed by atoms with Crippen molar-refractivity contribution < 1.29 is 8.42 Å². The molecule has 0 bridgehead atoms. The number of hydrogen-bond donors (Lipinski definition) is 1. The molecule has 0 spiro atoms. The fraction of sp³-hybridized carbons (Fsp3) is 0.357. The molecule has 0 saturated carbocycles. The van der Waals surface area contributed by atoms with E-state index in [-0.39, 0.29) is 11.8 Å². The van der Waals surface area contributed by atoms with E-state index < -0.39 is 10.0 Å². The SMILES string of the molecule is Cc1cccc(CS(=O)(=O)NC(C)c2csc(C)n2)c1. The number of aryl methyl sites for hydroxylation is 2. The van der Waals surface area contributed by atoms with Crippen molar-refractivity contribution in [3.63, 3.8) is 0 Å². The van der Waals surface area contributed by atoms with Crippen LogP contribution in [0.3, 0.4) is 0 Å². The molecular formula is C14H18N2O2S2. The normalized spacial score (nSPS) is 13.3. The minimum Gasteiger partial charge on any atom is -0.245 e. The maximum Gasteiger partial charge on any atom is 0.216 e. The van der Waals surface area contributed by atoms with Crippen LogP contribution < -0.4 is 4.72 Å². The van der Waals surface area contributed by atoms with E-state index in [1.807, 2.05) is 50.4 Å². The number of aromatic nitrogens is 1. The number of thiazole rings is 1. The van der Waals surface area contributed by atoms with Crippen LogP contribution in [0.4, 0.5) is 0 Å². The number of benzene rings is 1. The molecule has 0 fully saturated rings. The van der Waals surface area contributed by atoms with Crippen LogP contribution in [0.1, 0.15) is 34.8 Å². The van der Waals surface area contributed by atoms with Gasteiger partial charge in [0.05, 0.1) is 22.5 Å². The maximum atomic E-state index is 12.2. The van der Waals surface area contributed by atoms with Gasteiger partial charge in [0.2, 0.25) is 10.0 Å². The van der Waals surface area contributed by atoms with Gasteiger partial charge < -0.3 is 0 Å². The van der Waals surface area contributed by atoms with Crippen LogP contribution in [0.2, 0.25) is 0 Å². The Kier molecular flexibility index (Phi) is 4.57. The van der Waals surface area contributed by atoms with Crippen LogP contribution in [0, 0.1) is 13.8 Å². The van der Waals surface area contributed by atoms with Crippen LogP contribution in [0.15, 0.2) is 29.6 Å². The molecule has 1 aromatic carbocycles. The summed E-state index contributed by atoms with van der Waals surface area (Å²) in [6.07, 6.45) is 0. The third kappa shape index (κ3) is 4.13. The molecule has 1 unspecified atom stereocenters. The van der Waals surface area contributed by atoms with Crippen molar-refractivity contribution in [2.75, 3.05) is 0 Å². The fourth-order valence-electron chi connectivity index (χ4n) is 1.97. The lowest BCUT2D eigenvalue weighted by atomic mass is 10.2. The highest BCUT2D eigenvalue weighted by Crippen LogP contribution is 2.17. The van der Waals surface area contributed by atoms with Gasteiger partial charge in [-0.05, 0) is 26.3 Å². The molecule has 0 aliphatic heterocycles. The highest BCUT2D eigenvalue weighted by atomic mass is 32.2. The van der Waals surface area contributed by atoms with Crippen LogP contribution >= 0.6 is 11.3 Å². The van der Waals surface area contributed by atoms with Crippen LogP contribution in [-0.2, 0) is 15.8 Å². The molecule has 4 nitrogen and oxygen atoms in total. The first-order chi connectivity index (χ1) is 9.35. The summed E-state index contributed by atoms with van der Waals surface area (Å²) in [5, 5.41) is 2.82. The second-order valence-corrected chi connectivity index (χ2v) is 7.70. The largest absolute Gasteiger partial charge is 0.245 e. The number of nitrogens with one attached hydrogen (secondary N) is 1. The minimum absolute atomic E-state index is 0.0118. The summed E-state index contributed by atoms with van der Waals surface area (Å²) < 4.78 is 27.0. The Bertz CT molecular complexity index is 693. The van der Waals surface area contributed by atoms with E-state index in [1.165, 1.54) is 11.3 Å². The smallest absolute Gasteiger partial charge is 0.216 e. The second kappa shape index (κ2) is 6.03. The van der Waals surface area contributed by atoms with Gasteiger partial charge in [-0.1, -0.05) is 29.8 Å². The Labute approximate surface area is 123 Å². The van der Waals surface area contributed by atoms with Crippen molar-refractivity contribution in [2.45, 2.75) is 32.6 Å². The van der Waals surface area contributed by atoms with Gasteiger partial charge in [0, 0.05) is 5.38 Å². The van der Waals surface area contributed by atoms with Gasteiger partial charge in [0.1, 0.15) is 0 Å². The molecule has 1 heterocycles. The lowest BCUT2D eigenvalue weighted by Crippen LogP contribution is -2.28. The Morgan fingerprint density at radius 2 is 2.10 bits per heavy atom. The zero-order valence-electron chi connectivity index (χ0n) is 11.8. The van der Waals surface area contributed by atoms with E-state index in [0.29, 0.717) is 0 Å². The van der Waals surface area contributed by atoms with Gasteiger partial charge in [-0.2, -0.15) is 0 Å². The summed E-state index contributed by atoms with van der Waals surface area (Å²) in [5.74, 6) is -0.0118. The first-order valence-corrected chi connectivity index (χ1v) is 8.86. The van der Waals surface area contributed by atoms with Gasteiger partial charge in [-0.15, -0.1) is 11.3 Å². The molecule has 0 radical (unpaired) electrons. The third-order valence-corrected chi connectivity index (χ3v) is 5.09. The molecule has 0 saturated heterocycles. The molecule has 1 aromatic heterocycles. The standard InChI is InChI=1S/C14H18N2O2S2/c1-10-5-4-6-13(7-10)9-20(17,18)16-11(2)14-8-19-12(3)15-14/h4-8,11,16H,9H2,1-3H3. The molecule has 1 atom stereocenters. The van der Waals surface area contributed by atoms with E-state index in [4.69, 9.17) is 0 Å². The van der Waals surface area contributed by atoms with Gasteiger partial charge in [0.25, 0.3) is 0 Å². The molecule has 0 amide bonds. The predicted octanol–water partition coefficient (Wildman–Crippen LogP) is 2.94. The van der Waals surface area contributed by atoms with Crippen LogP contribution in [0.25, 0.3) is 0 Å². The van der Waals surface area contributed by atoms with Crippen molar-refractivity contribution in [3.8, 4) is 0 Å². The molecule has 0 aliphatic rings. The van der Waals surface area contributed by atoms with E-state index in [9.17, 15) is 8.42 Å². The number of rotatable bonds is 5. The topological polar surface area (TPSA) is 59.1 Å². The van der Waals surface area contributed by atoms with Crippen LogP contribution in [0.5, 0.6) is 0 Å². The summed E-state index contributed by atoms with van der Waals surface area (Å²) in [6.45, 7) is 5.66. The van der Waals surface area contributed by atoms with E-state index in [1.54, 1.807) is 0 Å². The zero-order valence-corrected chi connectivity index (χ0v) is 13.4. The van der Waals surface area contributed by atoms with Crippen molar-refractivity contribution in [3.05, 3.63) is 51.5 Å². The number of nitrogens with zero attached hydrogens (tertiary/aromatic N) is 1. The second-order valence-electron chi connectivity index (χ2n) is 4.88. The quantitative estimate of drug-likeness (QED) is 0.923. The van der Waals surface area contributed by atoms with Crippen molar-refractivity contribution in [1.29, 1.82) is 0 Å². The average molecular weight is 310 g/mol. The highest BCUT2D eigenvalue weighted by Gasteiger charge is 2.18. The first-order valence-electron chi connectivity index (χ1n) is 6.33. The summed E-state index contributed by atoms with van der Waals surface area (Å²) in [6, 6.07) is 7.22. The van der Waals surface area contributed by atoms with E-state index >= 15 is 0 Å². The zero-order chi connectivity index (χ0) is 14.8. The van der Waals surface area contributed by atoms with Gasteiger partial charge in [0.15, 0.2) is 0 Å². The molecular weight excluding hydrogens is 292 g/mol. The van der Waals surface area contributed by atoms with Crippen LogP contribution in [-0.4, -0.2) is 13.4 Å². The monoisotopic (exact) mass is 310 g/mol. The number of sulfonamides is 1. The molecule has 0 aliphatic carbocycles. The summed E-state index contributed by atoms with van der Waals surface area (Å²) in [5.41, 5.74) is 2.61.